The number of hydrogen-bond acceptors (Lipinski definition) is 4. The number of rotatable bonds is 5. The van der Waals surface area contributed by atoms with Crippen LogP contribution in [0.1, 0.15) is 20.3 Å². The number of halogens is 1. The molecule has 5 heteroatoms. The SMILES string of the molecule is CC(C)CCNc1ncnc2ccc(-c3ccnc(Cl)c3)cc12. The van der Waals surface area contributed by atoms with Crippen molar-refractivity contribution >= 4 is 28.3 Å². The van der Waals surface area contributed by atoms with Crippen molar-refractivity contribution in [2.24, 2.45) is 5.92 Å². The Morgan fingerprint density at radius 3 is 2.65 bits per heavy atom. The molecule has 0 aliphatic heterocycles. The minimum Gasteiger partial charge on any atom is -0.369 e. The molecule has 0 saturated heterocycles. The Balaban J connectivity index is 1.97. The van der Waals surface area contributed by atoms with Gasteiger partial charge in [0.05, 0.1) is 5.52 Å². The maximum Gasteiger partial charge on any atom is 0.137 e. The van der Waals surface area contributed by atoms with Crippen molar-refractivity contribution in [1.82, 2.24) is 15.0 Å². The molecule has 3 rings (SSSR count). The molecule has 0 radical (unpaired) electrons. The molecule has 0 bridgehead atoms. The van der Waals surface area contributed by atoms with Crippen LogP contribution in [0.4, 0.5) is 5.82 Å². The van der Waals surface area contributed by atoms with Gasteiger partial charge in [0, 0.05) is 18.1 Å². The van der Waals surface area contributed by atoms with Crippen LogP contribution in [0.3, 0.4) is 0 Å². The van der Waals surface area contributed by atoms with E-state index in [1.807, 2.05) is 24.3 Å². The third-order valence-corrected chi connectivity index (χ3v) is 3.92. The number of hydrogen-bond donors (Lipinski definition) is 1. The molecular weight excluding hydrogens is 308 g/mol. The lowest BCUT2D eigenvalue weighted by atomic mass is 10.0. The molecule has 2 heterocycles. The van der Waals surface area contributed by atoms with Gasteiger partial charge in [0.2, 0.25) is 0 Å². The first-order valence-corrected chi connectivity index (χ1v) is 8.12. The normalized spacial score (nSPS) is 11.1. The van der Waals surface area contributed by atoms with Gasteiger partial charge in [0.1, 0.15) is 17.3 Å². The summed E-state index contributed by atoms with van der Waals surface area (Å²) in [5.74, 6) is 1.53. The Bertz CT molecular complexity index is 817. The average Bonchev–Trinajstić information content (AvgIpc) is 2.54. The van der Waals surface area contributed by atoms with Crippen LogP contribution in [0.15, 0.2) is 42.9 Å². The maximum atomic E-state index is 5.99. The molecule has 23 heavy (non-hydrogen) atoms. The van der Waals surface area contributed by atoms with Gasteiger partial charge < -0.3 is 5.32 Å². The van der Waals surface area contributed by atoms with Crippen molar-refractivity contribution in [2.75, 3.05) is 11.9 Å². The molecule has 0 saturated carbocycles. The lowest BCUT2D eigenvalue weighted by Gasteiger charge is -2.11. The van der Waals surface area contributed by atoms with E-state index in [-0.39, 0.29) is 0 Å². The summed E-state index contributed by atoms with van der Waals surface area (Å²) in [5, 5.41) is 4.92. The first kappa shape index (κ1) is 15.7. The van der Waals surface area contributed by atoms with Crippen LogP contribution in [0.5, 0.6) is 0 Å². The fourth-order valence-electron chi connectivity index (χ4n) is 2.44. The lowest BCUT2D eigenvalue weighted by molar-refractivity contribution is 0.607. The largest absolute Gasteiger partial charge is 0.369 e. The molecule has 0 amide bonds. The molecule has 0 fully saturated rings. The van der Waals surface area contributed by atoms with Crippen molar-refractivity contribution in [3.63, 3.8) is 0 Å². The Morgan fingerprint density at radius 1 is 1.04 bits per heavy atom. The minimum atomic E-state index is 0.488. The number of benzene rings is 1. The van der Waals surface area contributed by atoms with E-state index in [2.05, 4.69) is 40.2 Å². The van der Waals surface area contributed by atoms with Crippen LogP contribution in [0.25, 0.3) is 22.0 Å². The molecule has 2 aromatic heterocycles. The molecule has 0 aliphatic rings. The van der Waals surface area contributed by atoms with E-state index in [0.29, 0.717) is 11.1 Å². The van der Waals surface area contributed by atoms with Crippen LogP contribution in [-0.4, -0.2) is 21.5 Å². The summed E-state index contributed by atoms with van der Waals surface area (Å²) in [5.41, 5.74) is 3.03. The van der Waals surface area contributed by atoms with Crippen LogP contribution in [0.2, 0.25) is 5.15 Å². The Morgan fingerprint density at radius 2 is 1.87 bits per heavy atom. The lowest BCUT2D eigenvalue weighted by Crippen LogP contribution is -2.06. The van der Waals surface area contributed by atoms with E-state index >= 15 is 0 Å². The highest BCUT2D eigenvalue weighted by Crippen LogP contribution is 2.27. The number of nitrogens with zero attached hydrogens (tertiary/aromatic N) is 3. The summed E-state index contributed by atoms with van der Waals surface area (Å²) in [6, 6.07) is 9.95. The number of pyridine rings is 1. The van der Waals surface area contributed by atoms with Gasteiger partial charge in [-0.2, -0.15) is 0 Å². The highest BCUT2D eigenvalue weighted by atomic mass is 35.5. The summed E-state index contributed by atoms with van der Waals surface area (Å²) >= 11 is 5.99. The predicted molar refractivity (Wildman–Crippen MR) is 95.7 cm³/mol. The standard InChI is InChI=1S/C18H19ClN4/c1-12(2)5-7-21-18-15-9-13(3-4-16(15)22-11-23-18)14-6-8-20-17(19)10-14/h3-4,6,8-12H,5,7H2,1-2H3,(H,21,22,23). The zero-order valence-electron chi connectivity index (χ0n) is 13.3. The number of fused-ring (bicyclic) bond motifs is 1. The van der Waals surface area contributed by atoms with Crippen LogP contribution >= 0.6 is 11.6 Å². The van der Waals surface area contributed by atoms with Gasteiger partial charge >= 0.3 is 0 Å². The second-order valence-corrected chi connectivity index (χ2v) is 6.32. The molecule has 1 aromatic carbocycles. The van der Waals surface area contributed by atoms with Crippen molar-refractivity contribution in [1.29, 1.82) is 0 Å². The monoisotopic (exact) mass is 326 g/mol. The van der Waals surface area contributed by atoms with E-state index in [9.17, 15) is 0 Å². The van der Waals surface area contributed by atoms with Crippen LogP contribution in [-0.2, 0) is 0 Å². The third-order valence-electron chi connectivity index (χ3n) is 3.71. The number of nitrogens with one attached hydrogen (secondary N) is 1. The molecule has 1 N–H and O–H groups in total. The van der Waals surface area contributed by atoms with Gasteiger partial charge in [-0.15, -0.1) is 0 Å². The van der Waals surface area contributed by atoms with E-state index in [0.717, 1.165) is 40.8 Å². The van der Waals surface area contributed by atoms with Crippen molar-refractivity contribution in [2.45, 2.75) is 20.3 Å². The van der Waals surface area contributed by atoms with Gasteiger partial charge in [0.25, 0.3) is 0 Å². The van der Waals surface area contributed by atoms with Gasteiger partial charge in [-0.25, -0.2) is 15.0 Å². The van der Waals surface area contributed by atoms with Crippen LogP contribution < -0.4 is 5.32 Å². The van der Waals surface area contributed by atoms with Crippen LogP contribution in [0, 0.1) is 5.92 Å². The Labute approximate surface area is 141 Å². The van der Waals surface area contributed by atoms with Gasteiger partial charge in [-0.05, 0) is 47.7 Å². The van der Waals surface area contributed by atoms with Gasteiger partial charge in [-0.3, -0.25) is 0 Å². The zero-order valence-corrected chi connectivity index (χ0v) is 14.0. The summed E-state index contributed by atoms with van der Waals surface area (Å²) in [4.78, 5) is 12.8. The smallest absolute Gasteiger partial charge is 0.137 e. The first-order chi connectivity index (χ1) is 11.1. The highest BCUT2D eigenvalue weighted by Gasteiger charge is 2.07. The predicted octanol–water partition coefficient (Wildman–Crippen LogP) is 4.80. The quantitative estimate of drug-likeness (QED) is 0.684. The maximum absolute atomic E-state index is 5.99. The minimum absolute atomic E-state index is 0.488. The second kappa shape index (κ2) is 6.92. The topological polar surface area (TPSA) is 50.7 Å². The van der Waals surface area contributed by atoms with E-state index in [4.69, 9.17) is 11.6 Å². The molecule has 4 nitrogen and oxygen atoms in total. The third kappa shape index (κ3) is 3.77. The molecule has 118 valence electrons. The molecule has 3 aromatic rings. The van der Waals surface area contributed by atoms with E-state index in [1.165, 1.54) is 0 Å². The summed E-state index contributed by atoms with van der Waals surface area (Å²) in [7, 11) is 0. The van der Waals surface area contributed by atoms with E-state index in [1.54, 1.807) is 12.5 Å². The zero-order chi connectivity index (χ0) is 16.2. The van der Waals surface area contributed by atoms with Crippen molar-refractivity contribution in [3.05, 3.63) is 48.0 Å². The molecule has 0 atom stereocenters. The molecule has 0 spiro atoms. The van der Waals surface area contributed by atoms with Gasteiger partial charge in [-0.1, -0.05) is 31.5 Å². The second-order valence-electron chi connectivity index (χ2n) is 5.93. The summed E-state index contributed by atoms with van der Waals surface area (Å²) < 4.78 is 0. The fraction of sp³-hybridized carbons (Fsp3) is 0.278. The summed E-state index contributed by atoms with van der Waals surface area (Å²) in [6.07, 6.45) is 4.42. The van der Waals surface area contributed by atoms with E-state index < -0.39 is 0 Å². The van der Waals surface area contributed by atoms with Crippen molar-refractivity contribution < 1.29 is 0 Å². The number of anilines is 1. The summed E-state index contributed by atoms with van der Waals surface area (Å²) in [6.45, 7) is 5.32. The Kier molecular flexibility index (Phi) is 4.72. The molecule has 0 unspecified atom stereocenters. The number of aromatic nitrogens is 3. The highest BCUT2D eigenvalue weighted by molar-refractivity contribution is 6.29. The first-order valence-electron chi connectivity index (χ1n) is 7.74. The van der Waals surface area contributed by atoms with Crippen molar-refractivity contribution in [3.8, 4) is 11.1 Å². The molecule has 0 aliphatic carbocycles. The average molecular weight is 327 g/mol. The molecular formula is C18H19ClN4. The van der Waals surface area contributed by atoms with Gasteiger partial charge in [0.15, 0.2) is 0 Å². The fourth-order valence-corrected chi connectivity index (χ4v) is 2.61. The Hall–Kier alpha value is -2.20.